The summed E-state index contributed by atoms with van der Waals surface area (Å²) in [6, 6.07) is 0. The maximum Gasteiger partial charge on any atom is 0.382 e. The van der Waals surface area contributed by atoms with Crippen LogP contribution in [-0.4, -0.2) is 96.4 Å². The van der Waals surface area contributed by atoms with Crippen molar-refractivity contribution in [2.75, 3.05) is 12.8 Å². The molecule has 0 radical (unpaired) electrons. The van der Waals surface area contributed by atoms with Gasteiger partial charge in [0.2, 0.25) is 0 Å². The van der Waals surface area contributed by atoms with E-state index in [1.807, 2.05) is 0 Å². The predicted molar refractivity (Wildman–Crippen MR) is 74.6 cm³/mol. The lowest BCUT2D eigenvalue weighted by molar-refractivity contribution is -0.244. The van der Waals surface area contributed by atoms with E-state index in [-0.39, 0.29) is 0 Å². The first-order valence-electron chi connectivity index (χ1n) is 6.62. The van der Waals surface area contributed by atoms with Crippen LogP contribution in [0.25, 0.3) is 0 Å². The summed E-state index contributed by atoms with van der Waals surface area (Å²) in [6.07, 6.45) is -11.9. The lowest BCUT2D eigenvalue weighted by Crippen LogP contribution is -2.70. The highest BCUT2D eigenvalue weighted by atomic mass is 31.1. The zero-order chi connectivity index (χ0) is 17.9. The van der Waals surface area contributed by atoms with E-state index in [4.69, 9.17) is 5.11 Å². The minimum Gasteiger partial charge on any atom is -0.453 e. The second kappa shape index (κ2) is 7.73. The minimum atomic E-state index is -3.00. The molecule has 0 aromatic rings. The Hall–Kier alpha value is -0.970. The van der Waals surface area contributed by atoms with E-state index in [1.165, 1.54) is 0 Å². The summed E-state index contributed by atoms with van der Waals surface area (Å²) in [6.45, 7) is 2.31. The van der Waals surface area contributed by atoms with Crippen LogP contribution in [0, 0.1) is 0 Å². The molecule has 11 heteroatoms. The second-order valence-corrected chi connectivity index (χ2v) is 7.00. The van der Waals surface area contributed by atoms with Crippen molar-refractivity contribution < 1.29 is 49.8 Å². The Balaban J connectivity index is 3.15. The Labute approximate surface area is 132 Å². The Bertz CT molecular complexity index is 471. The number of esters is 1. The maximum absolute atomic E-state index is 12.2. The average molecular weight is 355 g/mol. The van der Waals surface area contributed by atoms with E-state index in [2.05, 4.69) is 11.3 Å². The number of hydrogen-bond donors (Lipinski definition) is 7. The van der Waals surface area contributed by atoms with Crippen LogP contribution in [-0.2, 0) is 14.1 Å². The molecule has 1 aliphatic rings. The molecule has 1 aliphatic carbocycles. The summed E-state index contributed by atoms with van der Waals surface area (Å²) >= 11 is 0. The molecule has 0 saturated heterocycles. The van der Waals surface area contributed by atoms with E-state index in [1.54, 1.807) is 0 Å². The van der Waals surface area contributed by atoms with Crippen molar-refractivity contribution in [2.24, 2.45) is 0 Å². The molecule has 1 rings (SSSR count). The lowest BCUT2D eigenvalue weighted by atomic mass is 9.84. The third kappa shape index (κ3) is 3.76. The molecule has 132 valence electrons. The van der Waals surface area contributed by atoms with Crippen molar-refractivity contribution in [3.05, 3.63) is 12.7 Å². The molecule has 8 unspecified atom stereocenters. The molecule has 10 nitrogen and oxygen atoms in total. The monoisotopic (exact) mass is 355 g/mol. The molecule has 0 heterocycles. The third-order valence-electron chi connectivity index (χ3n) is 3.60. The largest absolute Gasteiger partial charge is 0.453 e. The highest BCUT2D eigenvalue weighted by molar-refractivity contribution is 7.46. The summed E-state index contributed by atoms with van der Waals surface area (Å²) in [5.74, 6) is -1.09. The Morgan fingerprint density at radius 2 is 1.83 bits per heavy atom. The fourth-order valence-electron chi connectivity index (χ4n) is 2.24. The fraction of sp³-hybridized carbons (Fsp3) is 0.750. The van der Waals surface area contributed by atoms with Gasteiger partial charge in [-0.1, -0.05) is 11.1 Å². The van der Waals surface area contributed by atoms with Gasteiger partial charge in [0.15, 0.2) is 24.5 Å². The van der Waals surface area contributed by atoms with Crippen LogP contribution in [0.1, 0.15) is 0 Å². The summed E-state index contributed by atoms with van der Waals surface area (Å²) in [5.41, 5.74) is 0. The topological polar surface area (TPSA) is 185 Å². The number of carbonyl (C=O) groups is 1. The normalized spacial score (nSPS) is 39.4. The SMILES string of the molecule is C=CC(=O)OC1C(O)C(O)C(O)C(O)([P+](=O)CC(O)CO)C1O. The highest BCUT2D eigenvalue weighted by Gasteiger charge is 2.69. The lowest BCUT2D eigenvalue weighted by Gasteiger charge is -2.43. The molecule has 0 aliphatic heterocycles. The van der Waals surface area contributed by atoms with E-state index in [9.17, 15) is 40.0 Å². The number of aliphatic hydroxyl groups excluding tert-OH is 6. The second-order valence-electron chi connectivity index (χ2n) is 5.16. The number of carbonyl (C=O) groups excluding carboxylic acids is 1. The van der Waals surface area contributed by atoms with Gasteiger partial charge in [0.05, 0.1) is 6.61 Å². The van der Waals surface area contributed by atoms with Crippen LogP contribution < -0.4 is 0 Å². The molecule has 0 spiro atoms. The highest BCUT2D eigenvalue weighted by Crippen LogP contribution is 2.48. The Morgan fingerprint density at radius 3 is 2.30 bits per heavy atom. The molecule has 0 aromatic carbocycles. The van der Waals surface area contributed by atoms with Crippen LogP contribution in [0.4, 0.5) is 0 Å². The number of aliphatic hydroxyl groups is 7. The van der Waals surface area contributed by atoms with Gasteiger partial charge in [-0.15, -0.1) is 0 Å². The Morgan fingerprint density at radius 1 is 1.26 bits per heavy atom. The molecular weight excluding hydrogens is 335 g/mol. The van der Waals surface area contributed by atoms with Crippen molar-refractivity contribution in [2.45, 2.75) is 42.0 Å². The molecule has 0 bridgehead atoms. The van der Waals surface area contributed by atoms with E-state index in [0.717, 1.165) is 0 Å². The number of ether oxygens (including phenoxy) is 1. The molecule has 7 N–H and O–H groups in total. The quantitative estimate of drug-likeness (QED) is 0.143. The minimum absolute atomic E-state index is 0.700. The smallest absolute Gasteiger partial charge is 0.382 e. The summed E-state index contributed by atoms with van der Waals surface area (Å²) < 4.78 is 16.8. The predicted octanol–water partition coefficient (Wildman–Crippen LogP) is -3.59. The van der Waals surface area contributed by atoms with Gasteiger partial charge in [0.25, 0.3) is 0 Å². The number of hydrogen-bond acceptors (Lipinski definition) is 10. The first-order valence-corrected chi connectivity index (χ1v) is 8.07. The molecule has 8 atom stereocenters. The fourth-order valence-corrected chi connectivity index (χ4v) is 3.92. The van der Waals surface area contributed by atoms with Gasteiger partial charge >= 0.3 is 19.1 Å². The standard InChI is InChI=1S/C12H20O10P/c1-2-6(15)22-9-7(16)8(17)10(18)12(20,11(9)19)23(21)4-5(14)3-13/h2,5,7-11,13-14,16-20H,1,3-4H2/q+1. The van der Waals surface area contributed by atoms with Gasteiger partial charge in [-0.2, -0.15) is 0 Å². The Kier molecular flexibility index (Phi) is 6.75. The first-order chi connectivity index (χ1) is 10.6. The van der Waals surface area contributed by atoms with Crippen LogP contribution in [0.3, 0.4) is 0 Å². The van der Waals surface area contributed by atoms with Gasteiger partial charge in [-0.3, -0.25) is 0 Å². The van der Waals surface area contributed by atoms with E-state index < -0.39 is 68.5 Å². The molecule has 23 heavy (non-hydrogen) atoms. The average Bonchev–Trinajstić information content (AvgIpc) is 2.54. The van der Waals surface area contributed by atoms with Crippen LogP contribution in [0.5, 0.6) is 0 Å². The molecule has 1 fully saturated rings. The summed E-state index contributed by atoms with van der Waals surface area (Å²) in [5, 5.41) is 65.1. The van der Waals surface area contributed by atoms with Crippen molar-refractivity contribution in [1.82, 2.24) is 0 Å². The van der Waals surface area contributed by atoms with Gasteiger partial charge in [-0.05, 0) is 0 Å². The summed E-state index contributed by atoms with van der Waals surface area (Å²) in [7, 11) is -3.00. The van der Waals surface area contributed by atoms with Gasteiger partial charge in [0, 0.05) is 6.08 Å². The third-order valence-corrected chi connectivity index (χ3v) is 5.68. The van der Waals surface area contributed by atoms with E-state index >= 15 is 0 Å². The van der Waals surface area contributed by atoms with Crippen molar-refractivity contribution in [1.29, 1.82) is 0 Å². The first kappa shape index (κ1) is 20.1. The number of rotatable bonds is 6. The maximum atomic E-state index is 12.2. The van der Waals surface area contributed by atoms with Gasteiger partial charge < -0.3 is 40.5 Å². The molecular formula is C12H20O10P+. The van der Waals surface area contributed by atoms with E-state index in [0.29, 0.717) is 6.08 Å². The zero-order valence-corrected chi connectivity index (χ0v) is 12.9. The van der Waals surface area contributed by atoms with Gasteiger partial charge in [-0.25, -0.2) is 4.79 Å². The van der Waals surface area contributed by atoms with Crippen molar-refractivity contribution in [3.8, 4) is 0 Å². The van der Waals surface area contributed by atoms with Gasteiger partial charge in [0.1, 0.15) is 18.3 Å². The van der Waals surface area contributed by atoms with Crippen LogP contribution in [0.2, 0.25) is 0 Å². The van der Waals surface area contributed by atoms with Crippen molar-refractivity contribution >= 4 is 13.8 Å². The zero-order valence-electron chi connectivity index (χ0n) is 12.0. The molecule has 0 aromatic heterocycles. The van der Waals surface area contributed by atoms with Crippen LogP contribution in [0.15, 0.2) is 12.7 Å². The van der Waals surface area contributed by atoms with Crippen molar-refractivity contribution in [3.63, 3.8) is 0 Å². The molecule has 1 saturated carbocycles. The molecule has 0 amide bonds. The van der Waals surface area contributed by atoms with Crippen LogP contribution >= 0.6 is 7.80 Å². The summed E-state index contributed by atoms with van der Waals surface area (Å²) in [4.78, 5) is 11.2.